The smallest absolute Gasteiger partial charge is 0.124 e. The molecule has 0 N–H and O–H groups in total. The van der Waals surface area contributed by atoms with Crippen LogP contribution in [0.3, 0.4) is 0 Å². The molecule has 4 nitrogen and oxygen atoms in total. The van der Waals surface area contributed by atoms with Crippen LogP contribution < -0.4 is 0 Å². The maximum absolute atomic E-state index is 9.55. The molecule has 2 heterocycles. The molecule has 0 bridgehead atoms. The minimum absolute atomic E-state index is 0.379. The van der Waals surface area contributed by atoms with Gasteiger partial charge in [-0.25, -0.2) is 9.97 Å². The molecule has 0 saturated heterocycles. The van der Waals surface area contributed by atoms with Crippen LogP contribution in [-0.4, -0.2) is 9.97 Å². The third-order valence-electron chi connectivity index (χ3n) is 9.26. The molecule has 6 heteroatoms. The summed E-state index contributed by atoms with van der Waals surface area (Å²) in [5, 5.41) is 20.9. The number of nitriles is 2. The molecule has 2 aromatic heterocycles. The normalized spacial score (nSPS) is 11.0. The van der Waals surface area contributed by atoms with Gasteiger partial charge in [0.25, 0.3) is 0 Å². The van der Waals surface area contributed by atoms with E-state index in [4.69, 9.17) is 9.97 Å². The Labute approximate surface area is 308 Å². The number of para-hydroxylation sites is 2. The highest BCUT2D eigenvalue weighted by Gasteiger charge is 2.12. The number of rotatable bonds is 6. The van der Waals surface area contributed by atoms with Gasteiger partial charge in [-0.15, -0.1) is 22.7 Å². The Morgan fingerprint density at radius 2 is 0.712 bits per heavy atom. The Balaban J connectivity index is 1.09. The first-order valence-electron chi connectivity index (χ1n) is 16.7. The van der Waals surface area contributed by atoms with Crippen LogP contribution in [0.2, 0.25) is 0 Å². The minimum Gasteiger partial charge on any atom is -0.236 e. The molecule has 0 fully saturated rings. The van der Waals surface area contributed by atoms with Gasteiger partial charge in [-0.05, 0) is 99.1 Å². The molecule has 52 heavy (non-hydrogen) atoms. The van der Waals surface area contributed by atoms with Crippen molar-refractivity contribution < 1.29 is 0 Å². The lowest BCUT2D eigenvalue weighted by Gasteiger charge is -2.13. The Bertz CT molecular complexity index is 2650. The van der Waals surface area contributed by atoms with Gasteiger partial charge in [0.2, 0.25) is 0 Å². The standard InChI is InChI=1S/C46H26N4S2/c47-27-36-22-21-35(23-40(36)28-48)29-9-11-30(12-10-29)37-24-38(31-13-17-33(18-14-31)45-49-41-5-1-3-7-43(41)51-45)26-39(25-37)32-15-19-34(20-16-32)46-50-42-6-2-4-8-44(42)52-46/h1-26H. The van der Waals surface area contributed by atoms with Gasteiger partial charge in [0.05, 0.1) is 31.6 Å². The van der Waals surface area contributed by atoms with Crippen LogP contribution in [0.15, 0.2) is 158 Å². The second-order valence-corrected chi connectivity index (χ2v) is 14.5. The zero-order valence-corrected chi connectivity index (χ0v) is 29.2. The summed E-state index contributed by atoms with van der Waals surface area (Å²) in [5.41, 5.74) is 13.6. The van der Waals surface area contributed by atoms with Crippen molar-refractivity contribution in [1.82, 2.24) is 9.97 Å². The van der Waals surface area contributed by atoms with Crippen molar-refractivity contribution in [2.24, 2.45) is 0 Å². The summed E-state index contributed by atoms with van der Waals surface area (Å²) in [4.78, 5) is 9.73. The van der Waals surface area contributed by atoms with E-state index in [1.165, 1.54) is 9.40 Å². The molecule has 0 aliphatic heterocycles. The van der Waals surface area contributed by atoms with Crippen molar-refractivity contribution in [3.63, 3.8) is 0 Å². The van der Waals surface area contributed by atoms with Gasteiger partial charge in [-0.3, -0.25) is 0 Å². The first-order chi connectivity index (χ1) is 25.6. The number of hydrogen-bond donors (Lipinski definition) is 0. The molecule has 0 atom stereocenters. The Kier molecular flexibility index (Phi) is 7.95. The maximum atomic E-state index is 9.55. The molecule has 7 aromatic carbocycles. The van der Waals surface area contributed by atoms with Crippen molar-refractivity contribution in [3.05, 3.63) is 169 Å². The van der Waals surface area contributed by atoms with Gasteiger partial charge in [-0.2, -0.15) is 10.5 Å². The summed E-state index contributed by atoms with van der Waals surface area (Å²) in [7, 11) is 0. The van der Waals surface area contributed by atoms with E-state index in [0.717, 1.165) is 76.7 Å². The summed E-state index contributed by atoms with van der Waals surface area (Å²) in [5.74, 6) is 0. The molecule has 0 unspecified atom stereocenters. The van der Waals surface area contributed by atoms with Crippen LogP contribution in [0.4, 0.5) is 0 Å². The van der Waals surface area contributed by atoms with Crippen molar-refractivity contribution in [3.8, 4) is 77.8 Å². The molecule has 9 rings (SSSR count). The summed E-state index contributed by atoms with van der Waals surface area (Å²) in [6, 6.07) is 58.6. The highest BCUT2D eigenvalue weighted by atomic mass is 32.1. The Morgan fingerprint density at radius 1 is 0.346 bits per heavy atom. The summed E-state index contributed by atoms with van der Waals surface area (Å²) in [6.07, 6.45) is 0. The molecule has 9 aromatic rings. The number of aromatic nitrogens is 2. The van der Waals surface area contributed by atoms with Crippen LogP contribution in [0.25, 0.3) is 86.1 Å². The van der Waals surface area contributed by atoms with Crippen molar-refractivity contribution >= 4 is 43.1 Å². The van der Waals surface area contributed by atoms with Gasteiger partial charge >= 0.3 is 0 Å². The predicted molar refractivity (Wildman–Crippen MR) is 215 cm³/mol. The summed E-state index contributed by atoms with van der Waals surface area (Å²) < 4.78 is 2.37. The fraction of sp³-hybridized carbons (Fsp3) is 0. The van der Waals surface area contributed by atoms with Crippen LogP contribution in [0, 0.1) is 22.7 Å². The zero-order chi connectivity index (χ0) is 35.0. The largest absolute Gasteiger partial charge is 0.236 e. The average molecular weight is 699 g/mol. The van der Waals surface area contributed by atoms with Gasteiger partial charge in [0.1, 0.15) is 22.2 Å². The maximum Gasteiger partial charge on any atom is 0.124 e. The molecule has 0 saturated carbocycles. The van der Waals surface area contributed by atoms with E-state index < -0.39 is 0 Å². The second-order valence-electron chi connectivity index (χ2n) is 12.5. The molecule has 0 aliphatic rings. The van der Waals surface area contributed by atoms with Gasteiger partial charge in [0, 0.05) is 11.1 Å². The quantitative estimate of drug-likeness (QED) is 0.173. The summed E-state index contributed by atoms with van der Waals surface area (Å²) in [6.45, 7) is 0. The van der Waals surface area contributed by atoms with Gasteiger partial charge < -0.3 is 0 Å². The number of hydrogen-bond acceptors (Lipinski definition) is 6. The third-order valence-corrected chi connectivity index (χ3v) is 11.4. The van der Waals surface area contributed by atoms with Crippen LogP contribution in [0.5, 0.6) is 0 Å². The van der Waals surface area contributed by atoms with Gasteiger partial charge in [-0.1, -0.05) is 103 Å². The number of fused-ring (bicyclic) bond motifs is 2. The van der Waals surface area contributed by atoms with E-state index in [2.05, 4.69) is 140 Å². The van der Waals surface area contributed by atoms with Crippen molar-refractivity contribution in [1.29, 1.82) is 10.5 Å². The highest BCUT2D eigenvalue weighted by Crippen LogP contribution is 2.37. The van der Waals surface area contributed by atoms with Crippen LogP contribution in [0.1, 0.15) is 11.1 Å². The predicted octanol–water partition coefficient (Wildman–Crippen LogP) is 12.7. The minimum atomic E-state index is 0.379. The van der Waals surface area contributed by atoms with Crippen LogP contribution >= 0.6 is 22.7 Å². The van der Waals surface area contributed by atoms with Crippen molar-refractivity contribution in [2.75, 3.05) is 0 Å². The van der Waals surface area contributed by atoms with E-state index in [1.807, 2.05) is 18.2 Å². The molecular formula is C46H26N4S2. The van der Waals surface area contributed by atoms with Crippen LogP contribution in [-0.2, 0) is 0 Å². The fourth-order valence-electron chi connectivity index (χ4n) is 6.50. The first-order valence-corrected chi connectivity index (χ1v) is 18.4. The Hall–Kier alpha value is -6.70. The topological polar surface area (TPSA) is 73.4 Å². The molecule has 0 amide bonds. The monoisotopic (exact) mass is 698 g/mol. The van der Waals surface area contributed by atoms with Crippen molar-refractivity contribution in [2.45, 2.75) is 0 Å². The fourth-order valence-corrected chi connectivity index (χ4v) is 8.44. The van der Waals surface area contributed by atoms with E-state index in [-0.39, 0.29) is 0 Å². The zero-order valence-electron chi connectivity index (χ0n) is 27.6. The lowest BCUT2D eigenvalue weighted by atomic mass is 9.92. The van der Waals surface area contributed by atoms with E-state index in [0.29, 0.717) is 11.1 Å². The molecule has 0 radical (unpaired) electrons. The van der Waals surface area contributed by atoms with E-state index in [1.54, 1.807) is 34.8 Å². The average Bonchev–Trinajstić information content (AvgIpc) is 3.86. The SMILES string of the molecule is N#Cc1ccc(-c2ccc(-c3cc(-c4ccc(-c5nc6ccccc6s5)cc4)cc(-c4ccc(-c5nc6ccccc6s5)cc4)c3)cc2)cc1C#N. The van der Waals surface area contributed by atoms with E-state index in [9.17, 15) is 10.5 Å². The molecular weight excluding hydrogens is 673 g/mol. The molecule has 0 aliphatic carbocycles. The highest BCUT2D eigenvalue weighted by molar-refractivity contribution is 7.22. The lowest BCUT2D eigenvalue weighted by Crippen LogP contribution is -1.88. The third kappa shape index (κ3) is 5.93. The molecule has 0 spiro atoms. The Morgan fingerprint density at radius 3 is 1.12 bits per heavy atom. The van der Waals surface area contributed by atoms with E-state index >= 15 is 0 Å². The number of nitrogens with zero attached hydrogens (tertiary/aromatic N) is 4. The van der Waals surface area contributed by atoms with Gasteiger partial charge in [0.15, 0.2) is 0 Å². The molecule has 242 valence electrons. The second kappa shape index (κ2) is 13.2. The number of thiazole rings is 2. The summed E-state index contributed by atoms with van der Waals surface area (Å²) >= 11 is 3.42. The number of benzene rings is 7. The first kappa shape index (κ1) is 31.3. The lowest BCUT2D eigenvalue weighted by molar-refractivity contribution is 1.43.